The van der Waals surface area contributed by atoms with Gasteiger partial charge >= 0.3 is 0 Å². The Morgan fingerprint density at radius 3 is 2.62 bits per heavy atom. The quantitative estimate of drug-likeness (QED) is 0.349. The van der Waals surface area contributed by atoms with Crippen molar-refractivity contribution in [1.82, 2.24) is 20.5 Å². The molecule has 2 amide bonds. The van der Waals surface area contributed by atoms with Crippen molar-refractivity contribution in [2.45, 2.75) is 44.9 Å². The SMILES string of the molecule is CC[C@@H](Oc1ncc(Cl)cc1Cl)C(=O)NCc1cccc(C(=O)NC2CCN(CCS(=O)(=O)O)CC2)c1. The van der Waals surface area contributed by atoms with Gasteiger partial charge in [-0.1, -0.05) is 42.3 Å². The first-order chi connectivity index (χ1) is 17.5. The lowest BCUT2D eigenvalue weighted by atomic mass is 10.0. The first-order valence-corrected chi connectivity index (χ1v) is 14.2. The van der Waals surface area contributed by atoms with E-state index >= 15 is 0 Å². The van der Waals surface area contributed by atoms with Crippen LogP contribution in [-0.4, -0.2) is 72.2 Å². The topological polar surface area (TPSA) is 138 Å². The summed E-state index contributed by atoms with van der Waals surface area (Å²) in [6.45, 7) is 3.53. The number of hydrogen-bond donors (Lipinski definition) is 3. The molecule has 3 rings (SSSR count). The van der Waals surface area contributed by atoms with Crippen LogP contribution in [0.2, 0.25) is 10.0 Å². The third-order valence-electron chi connectivity index (χ3n) is 5.94. The molecule has 0 radical (unpaired) electrons. The van der Waals surface area contributed by atoms with Gasteiger partial charge in [-0.15, -0.1) is 0 Å². The van der Waals surface area contributed by atoms with E-state index in [1.54, 1.807) is 25.1 Å². The van der Waals surface area contributed by atoms with Crippen LogP contribution in [-0.2, 0) is 21.5 Å². The molecule has 0 saturated carbocycles. The second-order valence-corrected chi connectivity index (χ2v) is 11.2. The number of hydrogen-bond acceptors (Lipinski definition) is 7. The smallest absolute Gasteiger partial charge is 0.266 e. The van der Waals surface area contributed by atoms with Crippen LogP contribution >= 0.6 is 23.2 Å². The molecule has 0 aliphatic carbocycles. The number of ether oxygens (including phenoxy) is 1. The molecule has 202 valence electrons. The van der Waals surface area contributed by atoms with E-state index in [4.69, 9.17) is 32.5 Å². The Morgan fingerprint density at radius 1 is 1.24 bits per heavy atom. The fourth-order valence-electron chi connectivity index (χ4n) is 3.89. The fourth-order valence-corrected chi connectivity index (χ4v) is 4.80. The molecule has 2 aromatic rings. The number of carbonyl (C=O) groups excluding carboxylic acids is 2. The van der Waals surface area contributed by atoms with Gasteiger partial charge in [0, 0.05) is 44.0 Å². The maximum Gasteiger partial charge on any atom is 0.266 e. The van der Waals surface area contributed by atoms with E-state index in [-0.39, 0.29) is 47.6 Å². The number of piperidine rings is 1. The van der Waals surface area contributed by atoms with Gasteiger partial charge in [-0.25, -0.2) is 4.98 Å². The van der Waals surface area contributed by atoms with Crippen LogP contribution in [0.25, 0.3) is 0 Å². The number of pyridine rings is 1. The molecule has 3 N–H and O–H groups in total. The lowest BCUT2D eigenvalue weighted by molar-refractivity contribution is -0.128. The van der Waals surface area contributed by atoms with E-state index in [0.717, 1.165) is 5.56 Å². The molecule has 37 heavy (non-hydrogen) atoms. The van der Waals surface area contributed by atoms with Crippen molar-refractivity contribution in [3.05, 3.63) is 57.7 Å². The Bertz CT molecular complexity index is 1210. The highest BCUT2D eigenvalue weighted by Gasteiger charge is 2.23. The fraction of sp³-hybridized carbons (Fsp3) is 0.458. The predicted octanol–water partition coefficient (Wildman–Crippen LogP) is 2.94. The van der Waals surface area contributed by atoms with Crippen LogP contribution in [0.3, 0.4) is 0 Å². The summed E-state index contributed by atoms with van der Waals surface area (Å²) in [6.07, 6.45) is 2.33. The van der Waals surface area contributed by atoms with E-state index < -0.39 is 16.2 Å². The van der Waals surface area contributed by atoms with Crippen molar-refractivity contribution in [2.24, 2.45) is 0 Å². The number of nitrogens with zero attached hydrogens (tertiary/aromatic N) is 2. The van der Waals surface area contributed by atoms with Gasteiger partial charge in [0.25, 0.3) is 21.9 Å². The Morgan fingerprint density at radius 2 is 1.97 bits per heavy atom. The van der Waals surface area contributed by atoms with Crippen LogP contribution < -0.4 is 15.4 Å². The average Bonchev–Trinajstić information content (AvgIpc) is 2.86. The summed E-state index contributed by atoms with van der Waals surface area (Å²) in [5, 5.41) is 6.40. The first-order valence-electron chi connectivity index (χ1n) is 11.9. The van der Waals surface area contributed by atoms with Gasteiger partial charge < -0.3 is 20.3 Å². The zero-order valence-corrected chi connectivity index (χ0v) is 22.7. The van der Waals surface area contributed by atoms with Gasteiger partial charge in [-0.3, -0.25) is 14.1 Å². The van der Waals surface area contributed by atoms with Crippen LogP contribution in [0.4, 0.5) is 0 Å². The lowest BCUT2D eigenvalue weighted by Gasteiger charge is -2.32. The van der Waals surface area contributed by atoms with E-state index in [0.29, 0.717) is 42.9 Å². The number of nitrogens with one attached hydrogen (secondary N) is 2. The zero-order chi connectivity index (χ0) is 27.0. The van der Waals surface area contributed by atoms with Crippen molar-refractivity contribution < 1.29 is 27.3 Å². The Balaban J connectivity index is 1.49. The molecule has 1 fully saturated rings. The van der Waals surface area contributed by atoms with E-state index in [9.17, 15) is 18.0 Å². The zero-order valence-electron chi connectivity index (χ0n) is 20.3. The van der Waals surface area contributed by atoms with Crippen molar-refractivity contribution >= 4 is 45.1 Å². The summed E-state index contributed by atoms with van der Waals surface area (Å²) in [5.74, 6) is -0.741. The second kappa shape index (κ2) is 13.4. The summed E-state index contributed by atoms with van der Waals surface area (Å²) in [5.41, 5.74) is 1.22. The largest absolute Gasteiger partial charge is 0.463 e. The van der Waals surface area contributed by atoms with E-state index in [1.165, 1.54) is 12.3 Å². The maximum absolute atomic E-state index is 12.8. The summed E-state index contributed by atoms with van der Waals surface area (Å²) in [6, 6.07) is 8.43. The van der Waals surface area contributed by atoms with Gasteiger partial charge in [0.05, 0.1) is 10.8 Å². The summed E-state index contributed by atoms with van der Waals surface area (Å²) in [4.78, 5) is 31.4. The van der Waals surface area contributed by atoms with Gasteiger partial charge in [0.1, 0.15) is 5.02 Å². The normalized spacial score (nSPS) is 15.7. The van der Waals surface area contributed by atoms with E-state index in [1.807, 2.05) is 11.0 Å². The molecule has 1 aliphatic rings. The molecule has 0 unspecified atom stereocenters. The third-order valence-corrected chi connectivity index (χ3v) is 7.11. The molecular formula is C24H30Cl2N4O6S. The molecule has 13 heteroatoms. The lowest BCUT2D eigenvalue weighted by Crippen LogP contribution is -2.45. The van der Waals surface area contributed by atoms with Gasteiger partial charge in [0.2, 0.25) is 5.88 Å². The summed E-state index contributed by atoms with van der Waals surface area (Å²) < 4.78 is 36.4. The highest BCUT2D eigenvalue weighted by Crippen LogP contribution is 2.26. The molecule has 2 heterocycles. The number of aromatic nitrogens is 1. The Kier molecular flexibility index (Phi) is 10.5. The highest BCUT2D eigenvalue weighted by molar-refractivity contribution is 7.85. The molecule has 1 aromatic carbocycles. The first kappa shape index (κ1) is 29.1. The third kappa shape index (κ3) is 9.42. The summed E-state index contributed by atoms with van der Waals surface area (Å²) >= 11 is 11.9. The molecule has 1 aliphatic heterocycles. The van der Waals surface area contributed by atoms with Crippen LogP contribution in [0.1, 0.15) is 42.1 Å². The Hall–Kier alpha value is -2.44. The van der Waals surface area contributed by atoms with Crippen molar-refractivity contribution in [3.63, 3.8) is 0 Å². The van der Waals surface area contributed by atoms with E-state index in [2.05, 4.69) is 15.6 Å². The van der Waals surface area contributed by atoms with Crippen LogP contribution in [0, 0.1) is 0 Å². The average molecular weight is 573 g/mol. The minimum atomic E-state index is -3.99. The Labute approximate surface area is 226 Å². The standard InChI is InChI=1S/C24H30Cl2N4O6S/c1-2-21(36-24-20(26)13-18(25)15-28-24)23(32)27-14-16-4-3-5-17(12-16)22(31)29-19-6-8-30(9-7-19)10-11-37(33,34)35/h3-5,12-13,15,19,21H,2,6-11,14H2,1H3,(H,27,32)(H,29,31)(H,33,34,35)/t21-/m1/s1. The molecular weight excluding hydrogens is 543 g/mol. The number of amides is 2. The van der Waals surface area contributed by atoms with Crippen molar-refractivity contribution in [1.29, 1.82) is 0 Å². The van der Waals surface area contributed by atoms with Crippen LogP contribution in [0.15, 0.2) is 36.5 Å². The highest BCUT2D eigenvalue weighted by atomic mass is 35.5. The summed E-state index contributed by atoms with van der Waals surface area (Å²) in [7, 11) is -3.99. The molecule has 1 atom stereocenters. The van der Waals surface area contributed by atoms with Gasteiger partial charge in [-0.05, 0) is 43.0 Å². The molecule has 0 spiro atoms. The molecule has 1 saturated heterocycles. The number of carbonyl (C=O) groups is 2. The number of halogens is 2. The predicted molar refractivity (Wildman–Crippen MR) is 141 cm³/mol. The number of benzene rings is 1. The monoisotopic (exact) mass is 572 g/mol. The molecule has 0 bridgehead atoms. The number of likely N-dealkylation sites (tertiary alicyclic amines) is 1. The van der Waals surface area contributed by atoms with Crippen molar-refractivity contribution in [3.8, 4) is 5.88 Å². The van der Waals surface area contributed by atoms with Crippen LogP contribution in [0.5, 0.6) is 5.88 Å². The second-order valence-electron chi connectivity index (χ2n) is 8.75. The van der Waals surface area contributed by atoms with Gasteiger partial charge in [-0.2, -0.15) is 8.42 Å². The molecule has 1 aromatic heterocycles. The minimum absolute atomic E-state index is 0.0337. The maximum atomic E-state index is 12.8. The minimum Gasteiger partial charge on any atom is -0.463 e. The number of rotatable bonds is 11. The molecule has 10 nitrogen and oxygen atoms in total. The van der Waals surface area contributed by atoms with Gasteiger partial charge in [0.15, 0.2) is 6.10 Å². The van der Waals surface area contributed by atoms with Crippen molar-refractivity contribution in [2.75, 3.05) is 25.4 Å².